The van der Waals surface area contributed by atoms with Gasteiger partial charge in [-0.3, -0.25) is 20.4 Å². The molecule has 2 atom stereocenters. The summed E-state index contributed by atoms with van der Waals surface area (Å²) < 4.78 is 14.0. The molecule has 0 bridgehead atoms. The van der Waals surface area contributed by atoms with Gasteiger partial charge in [-0.25, -0.2) is 4.39 Å². The van der Waals surface area contributed by atoms with Gasteiger partial charge >= 0.3 is 0 Å². The highest BCUT2D eigenvalue weighted by Crippen LogP contribution is 2.29. The van der Waals surface area contributed by atoms with Gasteiger partial charge < -0.3 is 14.8 Å². The highest BCUT2D eigenvalue weighted by Gasteiger charge is 2.41. The van der Waals surface area contributed by atoms with Crippen LogP contribution in [0.2, 0.25) is 0 Å². The number of piperidine rings is 1. The fourth-order valence-electron chi connectivity index (χ4n) is 5.24. The molecular weight excluding hydrogens is 385 g/mol. The predicted molar refractivity (Wildman–Crippen MR) is 111 cm³/mol. The van der Waals surface area contributed by atoms with Crippen molar-refractivity contribution in [2.45, 2.75) is 31.7 Å². The number of benzene rings is 1. The van der Waals surface area contributed by atoms with Crippen LogP contribution in [0.15, 0.2) is 24.3 Å². The first-order chi connectivity index (χ1) is 14.6. The number of carbonyl (C=O) groups excluding carboxylic acids is 2. The van der Waals surface area contributed by atoms with Gasteiger partial charge in [-0.15, -0.1) is 0 Å². The minimum Gasteiger partial charge on any atom is -0.350 e. The van der Waals surface area contributed by atoms with Crippen LogP contribution in [0.1, 0.15) is 36.2 Å². The smallest absolute Gasteiger partial charge is 0.270 e. The van der Waals surface area contributed by atoms with Crippen molar-refractivity contribution < 1.29 is 14.0 Å². The number of amides is 2. The fraction of sp³-hybridized carbons (Fsp3) is 0.545. The van der Waals surface area contributed by atoms with Crippen LogP contribution in [0.3, 0.4) is 0 Å². The topological polar surface area (TPSA) is 80.5 Å². The summed E-state index contributed by atoms with van der Waals surface area (Å²) >= 11 is 0. The predicted octanol–water partition coefficient (Wildman–Crippen LogP) is 1.87. The van der Waals surface area contributed by atoms with Gasteiger partial charge in [0.25, 0.3) is 5.91 Å². The average Bonchev–Trinajstić information content (AvgIpc) is 3.53. The zero-order valence-electron chi connectivity index (χ0n) is 17.0. The Hall–Kier alpha value is -2.45. The van der Waals surface area contributed by atoms with Crippen LogP contribution in [0.25, 0.3) is 10.9 Å². The van der Waals surface area contributed by atoms with Crippen LogP contribution >= 0.6 is 0 Å². The molecule has 30 heavy (non-hydrogen) atoms. The Bertz CT molecular complexity index is 946. The second-order valence-electron chi connectivity index (χ2n) is 8.70. The third-order valence-corrected chi connectivity index (χ3v) is 6.94. The second kappa shape index (κ2) is 8.00. The molecule has 3 aliphatic heterocycles. The summed E-state index contributed by atoms with van der Waals surface area (Å²) in [6.45, 7) is 3.70. The van der Waals surface area contributed by atoms with E-state index in [1.165, 1.54) is 6.07 Å². The molecule has 3 saturated heterocycles. The quantitative estimate of drug-likeness (QED) is 0.718. The summed E-state index contributed by atoms with van der Waals surface area (Å²) in [6.07, 6.45) is 3.90. The maximum absolute atomic E-state index is 14.0. The molecule has 5 rings (SSSR count). The third-order valence-electron chi connectivity index (χ3n) is 6.94. The van der Waals surface area contributed by atoms with Crippen molar-refractivity contribution in [2.24, 2.45) is 11.8 Å². The van der Waals surface area contributed by atoms with E-state index < -0.39 is 0 Å². The lowest BCUT2D eigenvalue weighted by molar-refractivity contribution is -0.134. The Morgan fingerprint density at radius 2 is 1.80 bits per heavy atom. The minimum absolute atomic E-state index is 0.0352. The molecule has 7 nitrogen and oxygen atoms in total. The number of hydrogen-bond donors (Lipinski definition) is 3. The average molecular weight is 413 g/mol. The Labute approximate surface area is 174 Å². The van der Waals surface area contributed by atoms with Gasteiger partial charge in [-0.1, -0.05) is 6.07 Å². The lowest BCUT2D eigenvalue weighted by Gasteiger charge is -2.36. The number of rotatable bonds is 3. The van der Waals surface area contributed by atoms with Crippen LogP contribution < -0.4 is 10.9 Å². The number of carbonyl (C=O) groups is 2. The SMILES string of the molecule is O=C(c1cc2c(F)cccc2[nH]1)N1CCC(C2NNCC2C(=O)N2CCCC2)CC1. The third kappa shape index (κ3) is 3.48. The first kappa shape index (κ1) is 19.5. The van der Waals surface area contributed by atoms with E-state index in [0.717, 1.165) is 38.8 Å². The highest BCUT2D eigenvalue weighted by atomic mass is 19.1. The number of aromatic amines is 1. The van der Waals surface area contributed by atoms with Crippen LogP contribution in [0.5, 0.6) is 0 Å². The van der Waals surface area contributed by atoms with Gasteiger partial charge in [0.15, 0.2) is 0 Å². The van der Waals surface area contributed by atoms with E-state index in [-0.39, 0.29) is 29.6 Å². The van der Waals surface area contributed by atoms with E-state index in [2.05, 4.69) is 15.8 Å². The number of aromatic nitrogens is 1. The number of hydrogen-bond acceptors (Lipinski definition) is 4. The summed E-state index contributed by atoms with van der Waals surface area (Å²) in [5.74, 6) is 0.155. The molecule has 3 fully saturated rings. The van der Waals surface area contributed by atoms with Gasteiger partial charge in [0.2, 0.25) is 5.91 Å². The number of fused-ring (bicyclic) bond motifs is 1. The minimum atomic E-state index is -0.324. The zero-order valence-corrected chi connectivity index (χ0v) is 17.0. The van der Waals surface area contributed by atoms with Crippen LogP contribution in [0.4, 0.5) is 4.39 Å². The van der Waals surface area contributed by atoms with Crippen molar-refractivity contribution in [1.29, 1.82) is 0 Å². The molecule has 2 amide bonds. The summed E-state index contributed by atoms with van der Waals surface area (Å²) in [4.78, 5) is 32.7. The summed E-state index contributed by atoms with van der Waals surface area (Å²) in [7, 11) is 0. The molecule has 1 aromatic heterocycles. The molecule has 3 N–H and O–H groups in total. The van der Waals surface area contributed by atoms with E-state index in [4.69, 9.17) is 0 Å². The number of halogens is 1. The second-order valence-corrected chi connectivity index (χ2v) is 8.70. The Kier molecular flexibility index (Phi) is 5.20. The molecule has 160 valence electrons. The molecule has 3 aliphatic rings. The largest absolute Gasteiger partial charge is 0.350 e. The molecule has 8 heteroatoms. The van der Waals surface area contributed by atoms with E-state index in [1.54, 1.807) is 18.2 Å². The Balaban J connectivity index is 1.22. The Morgan fingerprint density at radius 3 is 2.53 bits per heavy atom. The van der Waals surface area contributed by atoms with E-state index >= 15 is 0 Å². The maximum atomic E-state index is 14.0. The van der Waals surface area contributed by atoms with Crippen LogP contribution in [0, 0.1) is 17.7 Å². The fourth-order valence-corrected chi connectivity index (χ4v) is 5.24. The van der Waals surface area contributed by atoms with Gasteiger partial charge in [0.1, 0.15) is 11.5 Å². The molecule has 0 aliphatic carbocycles. The molecule has 0 spiro atoms. The first-order valence-electron chi connectivity index (χ1n) is 11.0. The van der Waals surface area contributed by atoms with Gasteiger partial charge in [0.05, 0.1) is 5.92 Å². The van der Waals surface area contributed by atoms with Crippen molar-refractivity contribution >= 4 is 22.7 Å². The van der Waals surface area contributed by atoms with Crippen molar-refractivity contribution in [3.05, 3.63) is 35.8 Å². The summed E-state index contributed by atoms with van der Waals surface area (Å²) in [5, 5.41) is 0.445. The van der Waals surface area contributed by atoms with Crippen LogP contribution in [-0.4, -0.2) is 65.4 Å². The zero-order chi connectivity index (χ0) is 20.7. The van der Waals surface area contributed by atoms with E-state index in [0.29, 0.717) is 42.1 Å². The van der Waals surface area contributed by atoms with Crippen molar-refractivity contribution in [3.63, 3.8) is 0 Å². The molecule has 1 aromatic carbocycles. The number of likely N-dealkylation sites (tertiary alicyclic amines) is 2. The molecule has 0 radical (unpaired) electrons. The molecular formula is C22H28FN5O2. The number of hydrazine groups is 1. The summed E-state index contributed by atoms with van der Waals surface area (Å²) in [6, 6.07) is 6.52. The maximum Gasteiger partial charge on any atom is 0.270 e. The van der Waals surface area contributed by atoms with Crippen molar-refractivity contribution in [3.8, 4) is 0 Å². The number of H-pyrrole nitrogens is 1. The lowest BCUT2D eigenvalue weighted by atomic mass is 9.82. The van der Waals surface area contributed by atoms with Crippen LogP contribution in [-0.2, 0) is 4.79 Å². The molecule has 4 heterocycles. The van der Waals surface area contributed by atoms with E-state index in [9.17, 15) is 14.0 Å². The highest BCUT2D eigenvalue weighted by molar-refractivity contribution is 5.98. The van der Waals surface area contributed by atoms with Gasteiger partial charge in [-0.2, -0.15) is 0 Å². The molecule has 0 saturated carbocycles. The lowest BCUT2D eigenvalue weighted by Crippen LogP contribution is -2.49. The molecule has 2 aromatic rings. The van der Waals surface area contributed by atoms with Crippen molar-refractivity contribution in [1.82, 2.24) is 25.6 Å². The van der Waals surface area contributed by atoms with Gasteiger partial charge in [-0.05, 0) is 49.8 Å². The standard InChI is InChI=1S/C22H28FN5O2/c23-17-4-3-5-18-15(17)12-19(25-18)22(30)28-10-6-14(7-11-28)20-16(13-24-26-20)21(29)27-8-1-2-9-27/h3-5,12,14,16,20,24-26H,1-2,6-11,13H2. The number of nitrogens with zero attached hydrogens (tertiary/aromatic N) is 2. The van der Waals surface area contributed by atoms with E-state index in [1.807, 2.05) is 9.80 Å². The molecule has 2 unspecified atom stereocenters. The number of nitrogens with one attached hydrogen (secondary N) is 3. The van der Waals surface area contributed by atoms with Gasteiger partial charge in [0, 0.05) is 49.7 Å². The van der Waals surface area contributed by atoms with Crippen molar-refractivity contribution in [2.75, 3.05) is 32.7 Å². The normalized spacial score (nSPS) is 25.4. The first-order valence-corrected chi connectivity index (χ1v) is 11.0. The monoisotopic (exact) mass is 413 g/mol. The summed E-state index contributed by atoms with van der Waals surface area (Å²) in [5.41, 5.74) is 7.58. The Morgan fingerprint density at radius 1 is 1.03 bits per heavy atom.